The van der Waals surface area contributed by atoms with Crippen LogP contribution in [-0.2, 0) is 14.3 Å². The van der Waals surface area contributed by atoms with E-state index >= 15 is 0 Å². The summed E-state index contributed by atoms with van der Waals surface area (Å²) in [5.41, 5.74) is 0. The predicted molar refractivity (Wildman–Crippen MR) is 71.7 cm³/mol. The first kappa shape index (κ1) is 12.5. The summed E-state index contributed by atoms with van der Waals surface area (Å²) in [7, 11) is 0. The van der Waals surface area contributed by atoms with Gasteiger partial charge in [0.05, 0.1) is 25.0 Å². The first-order valence-corrected chi connectivity index (χ1v) is 7.59. The normalized spacial score (nSPS) is 39.9. The number of morpholine rings is 1. The van der Waals surface area contributed by atoms with Crippen molar-refractivity contribution < 1.29 is 14.3 Å². The van der Waals surface area contributed by atoms with Crippen LogP contribution in [0.2, 0.25) is 0 Å². The molecule has 2 saturated heterocycles. The summed E-state index contributed by atoms with van der Waals surface area (Å²) in [6, 6.07) is 0. The summed E-state index contributed by atoms with van der Waals surface area (Å²) < 4.78 is 5.31. The fourth-order valence-corrected chi connectivity index (χ4v) is 4.25. The third kappa shape index (κ3) is 1.76. The molecule has 2 bridgehead atoms. The van der Waals surface area contributed by atoms with Gasteiger partial charge in [-0.15, -0.1) is 0 Å². The Kier molecular flexibility index (Phi) is 2.93. The van der Waals surface area contributed by atoms with Crippen LogP contribution in [0.4, 0.5) is 0 Å². The van der Waals surface area contributed by atoms with Crippen molar-refractivity contribution in [2.75, 3.05) is 39.4 Å². The second-order valence-electron chi connectivity index (χ2n) is 6.28. The highest BCUT2D eigenvalue weighted by Gasteiger charge is 2.58. The van der Waals surface area contributed by atoms with E-state index in [4.69, 9.17) is 4.74 Å². The van der Waals surface area contributed by atoms with Gasteiger partial charge in [-0.1, -0.05) is 12.2 Å². The van der Waals surface area contributed by atoms with E-state index in [0.717, 1.165) is 39.3 Å². The molecule has 5 heteroatoms. The number of hydrogen-bond acceptors (Lipinski definition) is 4. The van der Waals surface area contributed by atoms with Gasteiger partial charge in [-0.25, -0.2) is 0 Å². The monoisotopic (exact) mass is 276 g/mol. The number of nitrogens with zero attached hydrogens (tertiary/aromatic N) is 2. The zero-order chi connectivity index (χ0) is 13.7. The average molecular weight is 276 g/mol. The van der Waals surface area contributed by atoms with Crippen molar-refractivity contribution in [3.05, 3.63) is 12.2 Å². The van der Waals surface area contributed by atoms with Crippen molar-refractivity contribution in [3.63, 3.8) is 0 Å². The Hall–Kier alpha value is -1.20. The molecule has 1 saturated carbocycles. The maximum atomic E-state index is 12.5. The van der Waals surface area contributed by atoms with Crippen molar-refractivity contribution in [1.29, 1.82) is 0 Å². The van der Waals surface area contributed by atoms with Crippen molar-refractivity contribution in [2.24, 2.45) is 23.7 Å². The number of likely N-dealkylation sites (tertiary alicyclic amines) is 1. The van der Waals surface area contributed by atoms with E-state index in [9.17, 15) is 9.59 Å². The van der Waals surface area contributed by atoms with E-state index in [0.29, 0.717) is 18.4 Å². The molecule has 0 aromatic carbocycles. The van der Waals surface area contributed by atoms with E-state index < -0.39 is 0 Å². The van der Waals surface area contributed by atoms with Crippen LogP contribution in [0.15, 0.2) is 12.2 Å². The van der Waals surface area contributed by atoms with Crippen LogP contribution < -0.4 is 0 Å². The molecule has 2 amide bonds. The summed E-state index contributed by atoms with van der Waals surface area (Å²) in [6.07, 6.45) is 5.29. The minimum absolute atomic E-state index is 0.0535. The van der Waals surface area contributed by atoms with Crippen LogP contribution in [0, 0.1) is 23.7 Å². The Morgan fingerprint density at radius 3 is 2.20 bits per heavy atom. The van der Waals surface area contributed by atoms with Crippen LogP contribution in [0.3, 0.4) is 0 Å². The molecule has 0 spiro atoms. The minimum Gasteiger partial charge on any atom is -0.379 e. The van der Waals surface area contributed by atoms with Crippen LogP contribution in [0.25, 0.3) is 0 Å². The lowest BCUT2D eigenvalue weighted by Gasteiger charge is -2.28. The molecule has 5 nitrogen and oxygen atoms in total. The summed E-state index contributed by atoms with van der Waals surface area (Å²) in [4.78, 5) is 28.8. The molecule has 2 aliphatic carbocycles. The molecule has 0 unspecified atom stereocenters. The smallest absolute Gasteiger partial charge is 0.233 e. The number of fused-ring (bicyclic) bond motifs is 5. The standard InChI is InChI=1S/C15H20N2O3/c18-14-12-10-1-2-11(9-10)13(12)15(19)17(14)4-3-16-5-7-20-8-6-16/h1-2,10-13H,3-9H2/t10-,11+,12-,13-/m0/s1. The largest absolute Gasteiger partial charge is 0.379 e. The zero-order valence-corrected chi connectivity index (χ0v) is 11.5. The van der Waals surface area contributed by atoms with Gasteiger partial charge in [0.2, 0.25) is 11.8 Å². The summed E-state index contributed by atoms with van der Waals surface area (Å²) in [5.74, 6) is 0.671. The second-order valence-corrected chi connectivity index (χ2v) is 6.28. The van der Waals surface area contributed by atoms with Gasteiger partial charge in [0.25, 0.3) is 0 Å². The molecule has 4 aliphatic rings. The Labute approximate surface area is 118 Å². The highest BCUT2D eigenvalue weighted by Crippen LogP contribution is 2.52. The number of hydrogen-bond donors (Lipinski definition) is 0. The minimum atomic E-state index is -0.0535. The summed E-state index contributed by atoms with van der Waals surface area (Å²) >= 11 is 0. The van der Waals surface area contributed by atoms with Gasteiger partial charge in [-0.05, 0) is 18.3 Å². The van der Waals surface area contributed by atoms with Crippen molar-refractivity contribution in [2.45, 2.75) is 6.42 Å². The molecule has 4 atom stereocenters. The Balaban J connectivity index is 1.42. The number of amides is 2. The van der Waals surface area contributed by atoms with Gasteiger partial charge >= 0.3 is 0 Å². The number of rotatable bonds is 3. The first-order chi connectivity index (χ1) is 9.75. The number of allylic oxidation sites excluding steroid dienone is 2. The van der Waals surface area contributed by atoms with Gasteiger partial charge in [0, 0.05) is 26.2 Å². The zero-order valence-electron chi connectivity index (χ0n) is 11.5. The molecule has 4 rings (SSSR count). The third-order valence-corrected chi connectivity index (χ3v) is 5.31. The highest BCUT2D eigenvalue weighted by atomic mass is 16.5. The number of ether oxygens (including phenoxy) is 1. The SMILES string of the molecule is O=C1[C@@H]2[C@@H](C(=O)N1CCN1CCOCC1)[C@H]1C=C[C@@H]2C1. The molecule has 2 aliphatic heterocycles. The maximum absolute atomic E-state index is 12.5. The molecule has 0 aromatic rings. The Bertz CT molecular complexity index is 440. The highest BCUT2D eigenvalue weighted by molar-refractivity contribution is 6.06. The number of carbonyl (C=O) groups excluding carboxylic acids is 2. The maximum Gasteiger partial charge on any atom is 0.233 e. The Morgan fingerprint density at radius 2 is 1.60 bits per heavy atom. The molecule has 108 valence electrons. The lowest BCUT2D eigenvalue weighted by Crippen LogP contribution is -2.43. The van der Waals surface area contributed by atoms with Crippen molar-refractivity contribution >= 4 is 11.8 Å². The molecular formula is C15H20N2O3. The van der Waals surface area contributed by atoms with Crippen molar-refractivity contribution in [3.8, 4) is 0 Å². The first-order valence-electron chi connectivity index (χ1n) is 7.59. The van der Waals surface area contributed by atoms with E-state index in [1.54, 1.807) is 0 Å². The molecule has 20 heavy (non-hydrogen) atoms. The fourth-order valence-electron chi connectivity index (χ4n) is 4.25. The number of carbonyl (C=O) groups is 2. The van der Waals surface area contributed by atoms with Crippen LogP contribution in [0.5, 0.6) is 0 Å². The van der Waals surface area contributed by atoms with Gasteiger partial charge in [0.1, 0.15) is 0 Å². The molecular weight excluding hydrogens is 256 g/mol. The lowest BCUT2D eigenvalue weighted by molar-refractivity contribution is -0.141. The summed E-state index contributed by atoms with van der Waals surface area (Å²) in [5, 5.41) is 0. The molecule has 2 heterocycles. The average Bonchev–Trinajstić information content (AvgIpc) is 3.13. The van der Waals surface area contributed by atoms with Crippen LogP contribution in [-0.4, -0.2) is 61.0 Å². The number of imide groups is 1. The van der Waals surface area contributed by atoms with Gasteiger partial charge in [-0.2, -0.15) is 0 Å². The van der Waals surface area contributed by atoms with E-state index in [-0.39, 0.29) is 23.7 Å². The molecule has 0 N–H and O–H groups in total. The third-order valence-electron chi connectivity index (χ3n) is 5.31. The van der Waals surface area contributed by atoms with Crippen molar-refractivity contribution in [1.82, 2.24) is 9.80 Å². The van der Waals surface area contributed by atoms with Gasteiger partial charge in [-0.3, -0.25) is 19.4 Å². The quantitative estimate of drug-likeness (QED) is 0.543. The van der Waals surface area contributed by atoms with Gasteiger partial charge < -0.3 is 4.74 Å². The second kappa shape index (κ2) is 4.67. The summed E-state index contributed by atoms with van der Waals surface area (Å²) in [6.45, 7) is 4.63. The van der Waals surface area contributed by atoms with Crippen LogP contribution in [0.1, 0.15) is 6.42 Å². The molecule has 0 aromatic heterocycles. The fraction of sp³-hybridized carbons (Fsp3) is 0.733. The lowest BCUT2D eigenvalue weighted by atomic mass is 9.85. The van der Waals surface area contributed by atoms with Gasteiger partial charge in [0.15, 0.2) is 0 Å². The molecule has 3 fully saturated rings. The molecule has 0 radical (unpaired) electrons. The Morgan fingerprint density at radius 1 is 1.00 bits per heavy atom. The van der Waals surface area contributed by atoms with E-state index in [1.165, 1.54) is 4.90 Å². The van der Waals surface area contributed by atoms with E-state index in [2.05, 4.69) is 17.1 Å². The van der Waals surface area contributed by atoms with Crippen LogP contribution >= 0.6 is 0 Å². The topological polar surface area (TPSA) is 49.9 Å². The van der Waals surface area contributed by atoms with E-state index in [1.807, 2.05) is 0 Å². The predicted octanol–water partition coefficient (Wildman–Crippen LogP) is 0.126.